The van der Waals surface area contributed by atoms with Crippen LogP contribution >= 0.6 is 11.6 Å². The molecule has 1 unspecified atom stereocenters. The molecule has 0 aliphatic carbocycles. The number of rotatable bonds is 12. The van der Waals surface area contributed by atoms with Crippen LogP contribution < -0.4 is 14.4 Å². The maximum Gasteiger partial charge on any atom is 0.264 e. The van der Waals surface area contributed by atoms with Crippen LogP contribution in [0.3, 0.4) is 0 Å². The van der Waals surface area contributed by atoms with Crippen molar-refractivity contribution < 1.29 is 27.1 Å². The number of amides is 2. The Bertz CT molecular complexity index is 1420. The summed E-state index contributed by atoms with van der Waals surface area (Å²) in [6, 6.07) is 16.3. The number of halogens is 2. The molecule has 0 aliphatic rings. The van der Waals surface area contributed by atoms with Crippen molar-refractivity contribution in [3.63, 3.8) is 0 Å². The molecule has 1 atom stereocenters. The van der Waals surface area contributed by atoms with Crippen LogP contribution in [0.5, 0.6) is 5.75 Å². The zero-order valence-electron chi connectivity index (χ0n) is 22.8. The number of ether oxygens (including phenoxy) is 1. The Morgan fingerprint density at radius 2 is 1.60 bits per heavy atom. The van der Waals surface area contributed by atoms with E-state index in [1.54, 1.807) is 45.0 Å². The second-order valence-corrected chi connectivity index (χ2v) is 11.6. The van der Waals surface area contributed by atoms with Gasteiger partial charge >= 0.3 is 0 Å². The minimum atomic E-state index is -4.29. The minimum absolute atomic E-state index is 0.0362. The average Bonchev–Trinajstić information content (AvgIpc) is 2.91. The van der Waals surface area contributed by atoms with Gasteiger partial charge in [-0.2, -0.15) is 0 Å². The predicted molar refractivity (Wildman–Crippen MR) is 153 cm³/mol. The maximum atomic E-state index is 13.9. The Balaban J connectivity index is 2.03. The van der Waals surface area contributed by atoms with Crippen molar-refractivity contribution in [1.82, 2.24) is 10.2 Å². The molecule has 3 rings (SSSR count). The number of carbonyl (C=O) groups excluding carboxylic acids is 2. The lowest BCUT2D eigenvalue weighted by Crippen LogP contribution is -2.52. The third-order valence-corrected chi connectivity index (χ3v) is 8.17. The summed E-state index contributed by atoms with van der Waals surface area (Å²) in [5, 5.41) is 3.19. The smallest absolute Gasteiger partial charge is 0.264 e. The number of carbonyl (C=O) groups is 2. The van der Waals surface area contributed by atoms with Crippen molar-refractivity contribution in [3.8, 4) is 5.75 Å². The van der Waals surface area contributed by atoms with Gasteiger partial charge in [-0.15, -0.1) is 0 Å². The van der Waals surface area contributed by atoms with Gasteiger partial charge in [0, 0.05) is 17.6 Å². The number of sulfonamides is 1. The third kappa shape index (κ3) is 7.73. The van der Waals surface area contributed by atoms with E-state index >= 15 is 0 Å². The van der Waals surface area contributed by atoms with Gasteiger partial charge in [-0.25, -0.2) is 12.8 Å². The Morgan fingerprint density at radius 3 is 2.17 bits per heavy atom. The zero-order chi connectivity index (χ0) is 29.4. The predicted octanol–water partition coefficient (Wildman–Crippen LogP) is 5.02. The molecule has 1 N–H and O–H groups in total. The number of nitrogens with one attached hydrogen (secondary N) is 1. The lowest BCUT2D eigenvalue weighted by molar-refractivity contribution is -0.139. The maximum absolute atomic E-state index is 13.9. The first kappa shape index (κ1) is 30.9. The largest absolute Gasteiger partial charge is 0.494 e. The van der Waals surface area contributed by atoms with Gasteiger partial charge in [0.25, 0.3) is 10.0 Å². The SMILES string of the molecule is CCOc1ccc(S(=O)(=O)N(CC(=O)N(Cc2ccccc2Cl)C(C)C(=O)NC(C)C)c2ccc(F)cc2)cc1. The summed E-state index contributed by atoms with van der Waals surface area (Å²) in [6.45, 7) is 6.69. The molecular weight excluding hydrogens is 557 g/mol. The molecule has 0 saturated heterocycles. The highest BCUT2D eigenvalue weighted by molar-refractivity contribution is 7.92. The molecule has 0 fully saturated rings. The summed E-state index contributed by atoms with van der Waals surface area (Å²) in [6.07, 6.45) is 0. The summed E-state index contributed by atoms with van der Waals surface area (Å²) in [7, 11) is -4.29. The average molecular weight is 590 g/mol. The molecule has 0 aromatic heterocycles. The van der Waals surface area contributed by atoms with Crippen molar-refractivity contribution in [3.05, 3.63) is 89.2 Å². The van der Waals surface area contributed by atoms with Gasteiger partial charge in [-0.05, 0) is 87.9 Å². The van der Waals surface area contributed by atoms with E-state index in [1.165, 1.54) is 41.3 Å². The number of benzene rings is 3. The summed E-state index contributed by atoms with van der Waals surface area (Å²) in [4.78, 5) is 28.0. The third-order valence-electron chi connectivity index (χ3n) is 6.01. The molecule has 0 saturated carbocycles. The summed E-state index contributed by atoms with van der Waals surface area (Å²) >= 11 is 6.36. The van der Waals surface area contributed by atoms with Crippen LogP contribution in [0.1, 0.15) is 33.3 Å². The number of hydrogen-bond donors (Lipinski definition) is 1. The van der Waals surface area contributed by atoms with E-state index in [0.717, 1.165) is 16.4 Å². The number of nitrogens with zero attached hydrogens (tertiary/aromatic N) is 2. The lowest BCUT2D eigenvalue weighted by atomic mass is 10.1. The van der Waals surface area contributed by atoms with Crippen LogP contribution in [0.15, 0.2) is 77.7 Å². The van der Waals surface area contributed by atoms with Crippen LogP contribution in [0.2, 0.25) is 5.02 Å². The molecule has 11 heteroatoms. The van der Waals surface area contributed by atoms with Crippen molar-refractivity contribution in [1.29, 1.82) is 0 Å². The van der Waals surface area contributed by atoms with Gasteiger partial charge in [0.05, 0.1) is 17.2 Å². The van der Waals surface area contributed by atoms with E-state index in [0.29, 0.717) is 22.9 Å². The number of hydrogen-bond acceptors (Lipinski definition) is 5. The standard InChI is InChI=1S/C29H33ClFN3O5S/c1-5-39-25-14-16-26(17-15-25)40(37,38)34(24-12-10-23(31)11-13-24)19-28(35)33(21(4)29(36)32-20(2)3)18-22-8-6-7-9-27(22)30/h6-17,20-21H,5,18-19H2,1-4H3,(H,32,36). The molecule has 214 valence electrons. The van der Waals surface area contributed by atoms with Gasteiger partial charge in [0.1, 0.15) is 24.2 Å². The zero-order valence-corrected chi connectivity index (χ0v) is 24.4. The van der Waals surface area contributed by atoms with E-state index in [4.69, 9.17) is 16.3 Å². The Hall–Kier alpha value is -3.63. The first-order valence-electron chi connectivity index (χ1n) is 12.8. The van der Waals surface area contributed by atoms with E-state index in [9.17, 15) is 22.4 Å². The molecule has 0 aliphatic heterocycles. The molecule has 2 amide bonds. The first-order valence-corrected chi connectivity index (χ1v) is 14.6. The molecule has 40 heavy (non-hydrogen) atoms. The molecule has 0 spiro atoms. The Labute approximate surface area is 239 Å². The van der Waals surface area contributed by atoms with Crippen LogP contribution in [0.4, 0.5) is 10.1 Å². The van der Waals surface area contributed by atoms with Crippen molar-refractivity contribution >= 4 is 39.1 Å². The number of anilines is 1. The highest BCUT2D eigenvalue weighted by atomic mass is 35.5. The Morgan fingerprint density at radius 1 is 0.975 bits per heavy atom. The van der Waals surface area contributed by atoms with E-state index in [2.05, 4.69) is 5.32 Å². The molecule has 3 aromatic carbocycles. The monoisotopic (exact) mass is 589 g/mol. The first-order chi connectivity index (χ1) is 18.9. The van der Waals surface area contributed by atoms with Gasteiger partial charge < -0.3 is 15.0 Å². The fourth-order valence-corrected chi connectivity index (χ4v) is 5.55. The minimum Gasteiger partial charge on any atom is -0.494 e. The fraction of sp³-hybridized carbons (Fsp3) is 0.310. The molecule has 8 nitrogen and oxygen atoms in total. The molecule has 0 radical (unpaired) electrons. The van der Waals surface area contributed by atoms with Crippen molar-refractivity contribution in [2.75, 3.05) is 17.5 Å². The quantitative estimate of drug-likeness (QED) is 0.320. The molecule has 0 heterocycles. The topological polar surface area (TPSA) is 96.0 Å². The Kier molecular flexibility index (Phi) is 10.5. The lowest BCUT2D eigenvalue weighted by Gasteiger charge is -2.32. The molecule has 3 aromatic rings. The summed E-state index contributed by atoms with van der Waals surface area (Å²) in [5.41, 5.74) is 0.671. The normalized spacial score (nSPS) is 12.1. The summed E-state index contributed by atoms with van der Waals surface area (Å²) in [5.74, 6) is -1.13. The van der Waals surface area contributed by atoms with Crippen LogP contribution in [0, 0.1) is 5.82 Å². The molecule has 0 bridgehead atoms. The second kappa shape index (κ2) is 13.6. The molecular formula is C29H33ClFN3O5S. The second-order valence-electron chi connectivity index (χ2n) is 9.34. The van der Waals surface area contributed by atoms with E-state index < -0.39 is 40.2 Å². The van der Waals surface area contributed by atoms with Gasteiger partial charge in [0.2, 0.25) is 11.8 Å². The van der Waals surface area contributed by atoms with E-state index in [1.807, 2.05) is 6.92 Å². The van der Waals surface area contributed by atoms with E-state index in [-0.39, 0.29) is 23.2 Å². The van der Waals surface area contributed by atoms with Gasteiger partial charge in [0.15, 0.2) is 0 Å². The van der Waals surface area contributed by atoms with Gasteiger partial charge in [-0.3, -0.25) is 13.9 Å². The summed E-state index contributed by atoms with van der Waals surface area (Å²) < 4.78 is 47.7. The van der Waals surface area contributed by atoms with Crippen LogP contribution in [-0.4, -0.2) is 50.4 Å². The van der Waals surface area contributed by atoms with Crippen molar-refractivity contribution in [2.45, 2.75) is 51.2 Å². The van der Waals surface area contributed by atoms with Crippen LogP contribution in [-0.2, 0) is 26.2 Å². The highest BCUT2D eigenvalue weighted by Gasteiger charge is 2.33. The van der Waals surface area contributed by atoms with Gasteiger partial charge in [-0.1, -0.05) is 29.8 Å². The highest BCUT2D eigenvalue weighted by Crippen LogP contribution is 2.27. The fourth-order valence-electron chi connectivity index (χ4n) is 3.94. The van der Waals surface area contributed by atoms with Crippen LogP contribution in [0.25, 0.3) is 0 Å². The van der Waals surface area contributed by atoms with Crippen molar-refractivity contribution in [2.24, 2.45) is 0 Å².